The Labute approximate surface area is 103 Å². The Morgan fingerprint density at radius 3 is 2.24 bits per heavy atom. The molecule has 0 radical (unpaired) electrons. The second-order valence-electron chi connectivity index (χ2n) is 5.79. The molecule has 0 aromatic heterocycles. The van der Waals surface area contributed by atoms with Gasteiger partial charge < -0.3 is 5.73 Å². The standard InChI is InChI=1S/C13H19NO2S/c1-13(2,3)9-6-10(14)8-12(7-9)17(15,16)11-4-5-11/h6-8,11H,4-5,14H2,1-3H3. The summed E-state index contributed by atoms with van der Waals surface area (Å²) in [5.74, 6) is 0. The summed E-state index contributed by atoms with van der Waals surface area (Å²) in [6.45, 7) is 6.15. The van der Waals surface area contributed by atoms with Gasteiger partial charge >= 0.3 is 0 Å². The van der Waals surface area contributed by atoms with Gasteiger partial charge in [-0.2, -0.15) is 0 Å². The minimum atomic E-state index is -3.15. The highest BCUT2D eigenvalue weighted by atomic mass is 32.2. The summed E-state index contributed by atoms with van der Waals surface area (Å²) < 4.78 is 24.3. The Kier molecular flexibility index (Phi) is 2.73. The number of hydrogen-bond acceptors (Lipinski definition) is 3. The molecule has 1 aromatic rings. The van der Waals surface area contributed by atoms with Crippen molar-refractivity contribution in [2.24, 2.45) is 0 Å². The molecule has 1 aromatic carbocycles. The van der Waals surface area contributed by atoms with E-state index in [-0.39, 0.29) is 10.7 Å². The first-order valence-corrected chi connectivity index (χ1v) is 7.41. The monoisotopic (exact) mass is 253 g/mol. The molecule has 17 heavy (non-hydrogen) atoms. The van der Waals surface area contributed by atoms with Crippen molar-refractivity contribution >= 4 is 15.5 Å². The SMILES string of the molecule is CC(C)(C)c1cc(N)cc(S(=O)(=O)C2CC2)c1. The summed E-state index contributed by atoms with van der Waals surface area (Å²) in [6.07, 6.45) is 1.56. The number of hydrogen-bond donors (Lipinski definition) is 1. The highest BCUT2D eigenvalue weighted by molar-refractivity contribution is 7.92. The molecule has 2 N–H and O–H groups in total. The lowest BCUT2D eigenvalue weighted by atomic mass is 9.87. The third-order valence-corrected chi connectivity index (χ3v) is 5.33. The lowest BCUT2D eigenvalue weighted by Crippen LogP contribution is -2.14. The van der Waals surface area contributed by atoms with E-state index in [9.17, 15) is 8.42 Å². The molecule has 1 fully saturated rings. The van der Waals surface area contributed by atoms with E-state index < -0.39 is 9.84 Å². The van der Waals surface area contributed by atoms with Crippen molar-refractivity contribution in [2.45, 2.75) is 49.2 Å². The van der Waals surface area contributed by atoms with Gasteiger partial charge in [0.25, 0.3) is 0 Å². The van der Waals surface area contributed by atoms with Gasteiger partial charge in [-0.15, -0.1) is 0 Å². The molecule has 0 heterocycles. The van der Waals surface area contributed by atoms with Crippen LogP contribution in [0.25, 0.3) is 0 Å². The zero-order valence-electron chi connectivity index (χ0n) is 10.5. The van der Waals surface area contributed by atoms with Gasteiger partial charge in [-0.05, 0) is 42.0 Å². The second-order valence-corrected chi connectivity index (χ2v) is 8.01. The zero-order chi connectivity index (χ0) is 12.8. The van der Waals surface area contributed by atoms with E-state index in [0.717, 1.165) is 18.4 Å². The molecule has 1 aliphatic rings. The van der Waals surface area contributed by atoms with Gasteiger partial charge in [0.1, 0.15) is 0 Å². The Balaban J connectivity index is 2.53. The summed E-state index contributed by atoms with van der Waals surface area (Å²) in [7, 11) is -3.15. The summed E-state index contributed by atoms with van der Waals surface area (Å²) >= 11 is 0. The molecule has 0 atom stereocenters. The predicted octanol–water partition coefficient (Wildman–Crippen LogP) is 2.50. The molecule has 1 saturated carbocycles. The third-order valence-electron chi connectivity index (χ3n) is 3.09. The topological polar surface area (TPSA) is 60.2 Å². The summed E-state index contributed by atoms with van der Waals surface area (Å²) in [5, 5.41) is -0.183. The van der Waals surface area contributed by atoms with E-state index in [1.54, 1.807) is 12.1 Å². The van der Waals surface area contributed by atoms with Crippen LogP contribution >= 0.6 is 0 Å². The first kappa shape index (κ1) is 12.4. The van der Waals surface area contributed by atoms with Crippen molar-refractivity contribution in [1.29, 1.82) is 0 Å². The van der Waals surface area contributed by atoms with Gasteiger partial charge in [0.15, 0.2) is 9.84 Å². The first-order valence-electron chi connectivity index (χ1n) is 5.86. The van der Waals surface area contributed by atoms with E-state index in [4.69, 9.17) is 5.73 Å². The van der Waals surface area contributed by atoms with E-state index in [0.29, 0.717) is 10.6 Å². The fraction of sp³-hybridized carbons (Fsp3) is 0.538. The molecule has 0 unspecified atom stereocenters. The van der Waals surface area contributed by atoms with Crippen LogP contribution in [0.2, 0.25) is 0 Å². The fourth-order valence-electron chi connectivity index (χ4n) is 1.79. The van der Waals surface area contributed by atoms with Gasteiger partial charge in [-0.1, -0.05) is 20.8 Å². The lowest BCUT2D eigenvalue weighted by molar-refractivity contribution is 0.583. The average Bonchev–Trinajstić information content (AvgIpc) is 2.98. The highest BCUT2D eigenvalue weighted by Crippen LogP contribution is 2.36. The van der Waals surface area contributed by atoms with Gasteiger partial charge in [-0.3, -0.25) is 0 Å². The van der Waals surface area contributed by atoms with Crippen molar-refractivity contribution < 1.29 is 8.42 Å². The summed E-state index contributed by atoms with van der Waals surface area (Å²) in [6, 6.07) is 5.19. The Morgan fingerprint density at radius 1 is 1.18 bits per heavy atom. The van der Waals surface area contributed by atoms with Gasteiger partial charge in [-0.25, -0.2) is 8.42 Å². The number of nitrogen functional groups attached to an aromatic ring is 1. The molecule has 0 aliphatic heterocycles. The van der Waals surface area contributed by atoms with Gasteiger partial charge in [0.05, 0.1) is 10.1 Å². The fourth-order valence-corrected chi connectivity index (χ4v) is 3.52. The Hall–Kier alpha value is -1.03. The van der Waals surface area contributed by atoms with E-state index >= 15 is 0 Å². The number of sulfone groups is 1. The molecular formula is C13H19NO2S. The van der Waals surface area contributed by atoms with E-state index in [1.807, 2.05) is 6.07 Å². The summed E-state index contributed by atoms with van der Waals surface area (Å²) in [4.78, 5) is 0.380. The minimum absolute atomic E-state index is 0.0940. The molecule has 0 amide bonds. The number of nitrogens with two attached hydrogens (primary N) is 1. The highest BCUT2D eigenvalue weighted by Gasteiger charge is 2.37. The van der Waals surface area contributed by atoms with Crippen molar-refractivity contribution in [3.8, 4) is 0 Å². The Bertz CT molecular complexity index is 537. The molecule has 4 heteroatoms. The molecular weight excluding hydrogens is 234 g/mol. The van der Waals surface area contributed by atoms with Crippen LogP contribution in [0.5, 0.6) is 0 Å². The molecule has 94 valence electrons. The van der Waals surface area contributed by atoms with E-state index in [1.165, 1.54) is 0 Å². The molecule has 0 bridgehead atoms. The van der Waals surface area contributed by atoms with Crippen LogP contribution in [0.4, 0.5) is 5.69 Å². The van der Waals surface area contributed by atoms with Crippen molar-refractivity contribution in [3.05, 3.63) is 23.8 Å². The quantitative estimate of drug-likeness (QED) is 0.824. The smallest absolute Gasteiger partial charge is 0.181 e. The third kappa shape index (κ3) is 2.46. The maximum absolute atomic E-state index is 12.2. The van der Waals surface area contributed by atoms with E-state index in [2.05, 4.69) is 20.8 Å². The maximum atomic E-state index is 12.2. The largest absolute Gasteiger partial charge is 0.399 e. The maximum Gasteiger partial charge on any atom is 0.181 e. The van der Waals surface area contributed by atoms with Crippen molar-refractivity contribution in [3.63, 3.8) is 0 Å². The average molecular weight is 253 g/mol. The van der Waals surface area contributed by atoms with Crippen LogP contribution in [0.15, 0.2) is 23.1 Å². The number of anilines is 1. The van der Waals surface area contributed by atoms with Crippen LogP contribution < -0.4 is 5.73 Å². The molecule has 0 saturated heterocycles. The predicted molar refractivity (Wildman–Crippen MR) is 69.8 cm³/mol. The molecule has 0 spiro atoms. The van der Waals surface area contributed by atoms with Gasteiger partial charge in [0.2, 0.25) is 0 Å². The van der Waals surface area contributed by atoms with Crippen LogP contribution in [0, 0.1) is 0 Å². The van der Waals surface area contributed by atoms with Crippen LogP contribution in [-0.2, 0) is 15.3 Å². The second kappa shape index (κ2) is 3.73. The zero-order valence-corrected chi connectivity index (χ0v) is 11.3. The van der Waals surface area contributed by atoms with Gasteiger partial charge in [0, 0.05) is 5.69 Å². The minimum Gasteiger partial charge on any atom is -0.399 e. The van der Waals surface area contributed by atoms with Crippen LogP contribution in [-0.4, -0.2) is 13.7 Å². The molecule has 2 rings (SSSR count). The normalized spacial score (nSPS) is 17.1. The van der Waals surface area contributed by atoms with Crippen LogP contribution in [0.3, 0.4) is 0 Å². The Morgan fingerprint density at radius 2 is 1.76 bits per heavy atom. The molecule has 1 aliphatic carbocycles. The first-order chi connectivity index (χ1) is 7.71. The van der Waals surface area contributed by atoms with Crippen molar-refractivity contribution in [1.82, 2.24) is 0 Å². The number of benzene rings is 1. The lowest BCUT2D eigenvalue weighted by Gasteiger charge is -2.20. The summed E-state index contributed by atoms with van der Waals surface area (Å²) in [5.41, 5.74) is 7.21. The number of rotatable bonds is 2. The molecule has 3 nitrogen and oxygen atoms in total. The van der Waals surface area contributed by atoms with Crippen molar-refractivity contribution in [2.75, 3.05) is 5.73 Å². The van der Waals surface area contributed by atoms with Crippen LogP contribution in [0.1, 0.15) is 39.2 Å².